The van der Waals surface area contributed by atoms with Crippen LogP contribution in [0.2, 0.25) is 0 Å². The molecule has 37 heavy (non-hydrogen) atoms. The highest BCUT2D eigenvalue weighted by atomic mass is 79.9. The first kappa shape index (κ1) is 24.8. The standard InChI is InChI=1S/C30H25BrN2O4/c1-3-37-29(35)30(18-32)25-16-14-19-9-7-8-12-23(19)33(25)27(26(30)20-10-5-4-6-11-20)28(34)21-13-15-24(36-2)22(31)17-21/h4-17,25-27H,3H2,1-2H3/t25-,26-,27-,30+/m1/s1. The SMILES string of the molecule is CCOC(=O)[C@]1(C#N)[C@H](c2ccccc2)[C@H](C(=O)c2ccc(OC)c(Br)c2)N2c3ccccc3C=C[C@@H]21. The van der Waals surface area contributed by atoms with Gasteiger partial charge in [0.15, 0.2) is 11.2 Å². The van der Waals surface area contributed by atoms with Crippen LogP contribution < -0.4 is 9.64 Å². The second-order valence-corrected chi connectivity index (χ2v) is 9.87. The summed E-state index contributed by atoms with van der Waals surface area (Å²) in [6.45, 7) is 1.84. The summed E-state index contributed by atoms with van der Waals surface area (Å²) in [5.74, 6) is -1.01. The third-order valence-corrected chi connectivity index (χ3v) is 7.83. The summed E-state index contributed by atoms with van der Waals surface area (Å²) in [7, 11) is 1.56. The van der Waals surface area contributed by atoms with E-state index in [-0.39, 0.29) is 12.4 Å². The number of Topliss-reactive ketones (excluding diaryl/α,β-unsaturated/α-hetero) is 1. The topological polar surface area (TPSA) is 79.6 Å². The van der Waals surface area contributed by atoms with Gasteiger partial charge < -0.3 is 14.4 Å². The van der Waals surface area contributed by atoms with Crippen molar-refractivity contribution in [3.63, 3.8) is 0 Å². The lowest BCUT2D eigenvalue weighted by Gasteiger charge is -2.36. The number of para-hydroxylation sites is 1. The van der Waals surface area contributed by atoms with Crippen molar-refractivity contribution in [2.45, 2.75) is 24.9 Å². The molecule has 1 saturated heterocycles. The van der Waals surface area contributed by atoms with Gasteiger partial charge in [0.25, 0.3) is 0 Å². The number of anilines is 1. The fourth-order valence-corrected chi connectivity index (χ4v) is 6.18. The maximum absolute atomic E-state index is 14.4. The first-order valence-corrected chi connectivity index (χ1v) is 12.8. The van der Waals surface area contributed by atoms with Gasteiger partial charge >= 0.3 is 5.97 Å². The zero-order valence-electron chi connectivity index (χ0n) is 20.4. The van der Waals surface area contributed by atoms with Crippen LogP contribution >= 0.6 is 15.9 Å². The molecule has 3 aromatic rings. The fourth-order valence-electron chi connectivity index (χ4n) is 5.64. The van der Waals surface area contributed by atoms with E-state index in [9.17, 15) is 14.9 Å². The maximum Gasteiger partial charge on any atom is 0.329 e. The summed E-state index contributed by atoms with van der Waals surface area (Å²) >= 11 is 3.49. The van der Waals surface area contributed by atoms with Gasteiger partial charge in [-0.2, -0.15) is 5.26 Å². The smallest absolute Gasteiger partial charge is 0.329 e. The van der Waals surface area contributed by atoms with E-state index in [1.807, 2.05) is 71.6 Å². The van der Waals surface area contributed by atoms with E-state index in [1.54, 1.807) is 32.2 Å². The molecule has 0 bridgehead atoms. The van der Waals surface area contributed by atoms with E-state index < -0.39 is 29.4 Å². The number of carbonyl (C=O) groups excluding carboxylic acids is 2. The quantitative estimate of drug-likeness (QED) is 0.283. The van der Waals surface area contributed by atoms with Gasteiger partial charge in [-0.15, -0.1) is 0 Å². The average molecular weight is 557 g/mol. The van der Waals surface area contributed by atoms with Crippen LogP contribution in [0.4, 0.5) is 5.69 Å². The molecule has 0 N–H and O–H groups in total. The van der Waals surface area contributed by atoms with Crippen LogP contribution in [0.3, 0.4) is 0 Å². The Balaban J connectivity index is 1.79. The van der Waals surface area contributed by atoms with Crippen LogP contribution in [0.1, 0.15) is 34.3 Å². The second-order valence-electron chi connectivity index (χ2n) is 9.02. The molecule has 6 nitrogen and oxygen atoms in total. The van der Waals surface area contributed by atoms with Crippen molar-refractivity contribution in [2.24, 2.45) is 5.41 Å². The van der Waals surface area contributed by atoms with Gasteiger partial charge in [-0.3, -0.25) is 9.59 Å². The van der Waals surface area contributed by atoms with Crippen LogP contribution in [-0.2, 0) is 9.53 Å². The lowest BCUT2D eigenvalue weighted by Crippen LogP contribution is -2.47. The van der Waals surface area contributed by atoms with E-state index in [0.717, 1.165) is 16.8 Å². The number of ketones is 1. The number of halogens is 1. The molecule has 0 saturated carbocycles. The molecule has 3 aromatic carbocycles. The van der Waals surface area contributed by atoms with Gasteiger partial charge in [-0.25, -0.2) is 0 Å². The van der Waals surface area contributed by atoms with E-state index in [2.05, 4.69) is 22.0 Å². The molecule has 5 rings (SSSR count). The van der Waals surface area contributed by atoms with Crippen LogP contribution in [0, 0.1) is 16.7 Å². The minimum absolute atomic E-state index is 0.126. The molecule has 2 heterocycles. The summed E-state index contributed by atoms with van der Waals surface area (Å²) in [4.78, 5) is 30.1. The predicted molar refractivity (Wildman–Crippen MR) is 144 cm³/mol. The first-order chi connectivity index (χ1) is 18.0. The van der Waals surface area contributed by atoms with Crippen molar-refractivity contribution in [3.05, 3.63) is 100 Å². The van der Waals surface area contributed by atoms with E-state index >= 15 is 0 Å². The molecule has 0 aliphatic carbocycles. The Bertz CT molecular complexity index is 1430. The number of carbonyl (C=O) groups is 2. The van der Waals surface area contributed by atoms with E-state index in [0.29, 0.717) is 15.8 Å². The monoisotopic (exact) mass is 556 g/mol. The molecule has 7 heteroatoms. The van der Waals surface area contributed by atoms with Gasteiger partial charge in [-0.05, 0) is 58.2 Å². The normalized spacial score (nSPS) is 23.5. The molecular formula is C30H25BrN2O4. The Morgan fingerprint density at radius 3 is 2.49 bits per heavy atom. The number of hydrogen-bond donors (Lipinski definition) is 0. The van der Waals surface area contributed by atoms with Crippen molar-refractivity contribution >= 4 is 39.4 Å². The van der Waals surface area contributed by atoms with Crippen LogP contribution in [0.15, 0.2) is 83.3 Å². The summed E-state index contributed by atoms with van der Waals surface area (Å²) in [5, 5.41) is 10.8. The average Bonchev–Trinajstić information content (AvgIpc) is 3.25. The molecule has 0 amide bonds. The molecule has 4 atom stereocenters. The minimum Gasteiger partial charge on any atom is -0.496 e. The van der Waals surface area contributed by atoms with Crippen molar-refractivity contribution in [3.8, 4) is 11.8 Å². The van der Waals surface area contributed by atoms with Gasteiger partial charge in [0.05, 0.1) is 30.3 Å². The molecule has 0 radical (unpaired) electrons. The predicted octanol–water partition coefficient (Wildman–Crippen LogP) is 5.78. The number of fused-ring (bicyclic) bond motifs is 3. The lowest BCUT2D eigenvalue weighted by atomic mass is 9.68. The van der Waals surface area contributed by atoms with Crippen molar-refractivity contribution in [1.29, 1.82) is 5.26 Å². The molecule has 2 aliphatic rings. The van der Waals surface area contributed by atoms with Gasteiger partial charge in [0.1, 0.15) is 11.8 Å². The summed E-state index contributed by atoms with van der Waals surface area (Å²) in [5.41, 5.74) is 1.23. The molecule has 1 fully saturated rings. The van der Waals surface area contributed by atoms with E-state index in [4.69, 9.17) is 9.47 Å². The highest BCUT2D eigenvalue weighted by Gasteiger charge is 2.67. The largest absolute Gasteiger partial charge is 0.496 e. The summed E-state index contributed by atoms with van der Waals surface area (Å²) in [6.07, 6.45) is 3.77. The van der Waals surface area contributed by atoms with Crippen molar-refractivity contribution in [2.75, 3.05) is 18.6 Å². The Hall–Kier alpha value is -3.89. The van der Waals surface area contributed by atoms with Gasteiger partial charge in [0.2, 0.25) is 0 Å². The number of nitriles is 1. The van der Waals surface area contributed by atoms with Crippen LogP contribution in [0.5, 0.6) is 5.75 Å². The summed E-state index contributed by atoms with van der Waals surface area (Å²) < 4.78 is 11.5. The molecular weight excluding hydrogens is 532 g/mol. The number of nitrogens with zero attached hydrogens (tertiary/aromatic N) is 2. The Labute approximate surface area is 224 Å². The molecule has 2 aliphatic heterocycles. The number of hydrogen-bond acceptors (Lipinski definition) is 6. The Morgan fingerprint density at radius 2 is 1.81 bits per heavy atom. The van der Waals surface area contributed by atoms with Crippen molar-refractivity contribution in [1.82, 2.24) is 0 Å². The van der Waals surface area contributed by atoms with Crippen LogP contribution in [-0.4, -0.2) is 37.6 Å². The number of benzene rings is 3. The Kier molecular flexibility index (Phi) is 6.61. The molecule has 186 valence electrons. The molecule has 0 spiro atoms. The summed E-state index contributed by atoms with van der Waals surface area (Å²) in [6, 6.07) is 23.0. The number of rotatable bonds is 6. The first-order valence-electron chi connectivity index (χ1n) is 12.0. The van der Waals surface area contributed by atoms with Crippen molar-refractivity contribution < 1.29 is 19.1 Å². The van der Waals surface area contributed by atoms with Gasteiger partial charge in [-0.1, -0.05) is 60.7 Å². The van der Waals surface area contributed by atoms with E-state index in [1.165, 1.54) is 0 Å². The minimum atomic E-state index is -1.65. The number of methoxy groups -OCH3 is 1. The zero-order chi connectivity index (χ0) is 26.2. The zero-order valence-corrected chi connectivity index (χ0v) is 22.0. The lowest BCUT2D eigenvalue weighted by molar-refractivity contribution is -0.152. The highest BCUT2D eigenvalue weighted by Crippen LogP contribution is 2.56. The third kappa shape index (κ3) is 3.84. The molecule has 0 aromatic heterocycles. The maximum atomic E-state index is 14.4. The third-order valence-electron chi connectivity index (χ3n) is 7.21. The van der Waals surface area contributed by atoms with Crippen LogP contribution in [0.25, 0.3) is 6.08 Å². The highest BCUT2D eigenvalue weighted by molar-refractivity contribution is 9.10. The molecule has 0 unspecified atom stereocenters. The van der Waals surface area contributed by atoms with Gasteiger partial charge in [0, 0.05) is 17.2 Å². The number of ether oxygens (including phenoxy) is 2. The number of esters is 1. The fraction of sp³-hybridized carbons (Fsp3) is 0.233. The second kappa shape index (κ2) is 9.87. The Morgan fingerprint density at radius 1 is 1.08 bits per heavy atom.